The number of hydrogen-bond acceptors (Lipinski definition) is 3. The molecule has 1 aliphatic rings. The van der Waals surface area contributed by atoms with Crippen molar-refractivity contribution in [1.82, 2.24) is 10.2 Å². The molecule has 1 aliphatic carbocycles. The largest absolute Gasteiger partial charge is 0.300 e. The van der Waals surface area contributed by atoms with Crippen molar-refractivity contribution in [3.05, 3.63) is 0 Å². The van der Waals surface area contributed by atoms with Crippen molar-refractivity contribution in [3.8, 4) is 6.07 Å². The van der Waals surface area contributed by atoms with Crippen molar-refractivity contribution in [2.24, 2.45) is 5.92 Å². The molecule has 0 radical (unpaired) electrons. The lowest BCUT2D eigenvalue weighted by Crippen LogP contribution is -2.44. The molecule has 1 rings (SSSR count). The zero-order chi connectivity index (χ0) is 13.6. The van der Waals surface area contributed by atoms with Gasteiger partial charge in [-0.15, -0.1) is 0 Å². The summed E-state index contributed by atoms with van der Waals surface area (Å²) < 4.78 is 0. The fourth-order valence-corrected chi connectivity index (χ4v) is 2.28. The summed E-state index contributed by atoms with van der Waals surface area (Å²) in [4.78, 5) is 2.59. The molecule has 0 heterocycles. The van der Waals surface area contributed by atoms with Gasteiger partial charge in [0.05, 0.1) is 6.07 Å². The fourth-order valence-electron chi connectivity index (χ4n) is 2.28. The number of nitrogens with zero attached hydrogens (tertiary/aromatic N) is 2. The Morgan fingerprint density at radius 2 is 2.06 bits per heavy atom. The number of rotatable bonds is 9. The third kappa shape index (κ3) is 5.37. The van der Waals surface area contributed by atoms with Crippen LogP contribution in [0.5, 0.6) is 0 Å². The molecule has 0 aromatic rings. The van der Waals surface area contributed by atoms with Crippen molar-refractivity contribution >= 4 is 0 Å². The minimum absolute atomic E-state index is 0.361. The molecule has 104 valence electrons. The van der Waals surface area contributed by atoms with E-state index in [1.165, 1.54) is 25.8 Å². The van der Waals surface area contributed by atoms with Gasteiger partial charge in [-0.1, -0.05) is 20.8 Å². The maximum atomic E-state index is 9.27. The average molecular weight is 251 g/mol. The van der Waals surface area contributed by atoms with E-state index in [0.29, 0.717) is 0 Å². The highest BCUT2D eigenvalue weighted by Gasteiger charge is 2.31. The smallest absolute Gasteiger partial charge is 0.105 e. The SMILES string of the molecule is CCNC(C)(C#N)CCN(CCC(C)C)C1CC1. The average Bonchev–Trinajstić information content (AvgIpc) is 3.13. The van der Waals surface area contributed by atoms with Crippen LogP contribution in [0.4, 0.5) is 0 Å². The first-order chi connectivity index (χ1) is 8.50. The third-order valence-corrected chi connectivity index (χ3v) is 3.77. The van der Waals surface area contributed by atoms with Crippen molar-refractivity contribution in [3.63, 3.8) is 0 Å². The van der Waals surface area contributed by atoms with Gasteiger partial charge in [-0.05, 0) is 51.6 Å². The van der Waals surface area contributed by atoms with Gasteiger partial charge in [0.2, 0.25) is 0 Å². The van der Waals surface area contributed by atoms with Crippen LogP contribution in [0, 0.1) is 17.2 Å². The molecular formula is C15H29N3. The van der Waals surface area contributed by atoms with Gasteiger partial charge in [-0.25, -0.2) is 0 Å². The first kappa shape index (κ1) is 15.5. The van der Waals surface area contributed by atoms with Gasteiger partial charge in [-0.3, -0.25) is 5.32 Å². The molecule has 0 aromatic heterocycles. The van der Waals surface area contributed by atoms with E-state index in [4.69, 9.17) is 0 Å². The van der Waals surface area contributed by atoms with Crippen molar-refractivity contribution in [2.75, 3.05) is 19.6 Å². The Kier molecular flexibility index (Phi) is 6.11. The molecule has 0 spiro atoms. The zero-order valence-corrected chi connectivity index (χ0v) is 12.5. The predicted molar refractivity (Wildman–Crippen MR) is 76.4 cm³/mol. The Hall–Kier alpha value is -0.590. The van der Waals surface area contributed by atoms with Crippen LogP contribution in [0.25, 0.3) is 0 Å². The van der Waals surface area contributed by atoms with E-state index in [0.717, 1.165) is 31.5 Å². The molecule has 0 bridgehead atoms. The van der Waals surface area contributed by atoms with Gasteiger partial charge in [0.15, 0.2) is 0 Å². The Bertz CT molecular complexity index is 278. The van der Waals surface area contributed by atoms with E-state index in [2.05, 4.69) is 37.1 Å². The molecular weight excluding hydrogens is 222 g/mol. The molecule has 1 fully saturated rings. The van der Waals surface area contributed by atoms with Gasteiger partial charge < -0.3 is 4.90 Å². The lowest BCUT2D eigenvalue weighted by Gasteiger charge is -2.28. The predicted octanol–water partition coefficient (Wildman–Crippen LogP) is 2.78. The number of nitriles is 1. The van der Waals surface area contributed by atoms with Crippen LogP contribution in [0.2, 0.25) is 0 Å². The van der Waals surface area contributed by atoms with E-state index in [1.54, 1.807) is 0 Å². The van der Waals surface area contributed by atoms with Crippen LogP contribution in [0.3, 0.4) is 0 Å². The van der Waals surface area contributed by atoms with Crippen LogP contribution < -0.4 is 5.32 Å². The lowest BCUT2D eigenvalue weighted by atomic mass is 9.99. The van der Waals surface area contributed by atoms with Gasteiger partial charge in [0, 0.05) is 12.6 Å². The molecule has 1 N–H and O–H groups in total. The van der Waals surface area contributed by atoms with Crippen LogP contribution in [0.15, 0.2) is 0 Å². The van der Waals surface area contributed by atoms with Crippen LogP contribution in [-0.4, -0.2) is 36.1 Å². The molecule has 3 nitrogen and oxygen atoms in total. The van der Waals surface area contributed by atoms with Crippen LogP contribution >= 0.6 is 0 Å². The van der Waals surface area contributed by atoms with Gasteiger partial charge in [0.1, 0.15) is 5.54 Å². The minimum Gasteiger partial charge on any atom is -0.300 e. The highest BCUT2D eigenvalue weighted by Crippen LogP contribution is 2.28. The summed E-state index contributed by atoms with van der Waals surface area (Å²) in [5.41, 5.74) is -0.361. The first-order valence-corrected chi connectivity index (χ1v) is 7.41. The Morgan fingerprint density at radius 3 is 2.50 bits per heavy atom. The Balaban J connectivity index is 2.39. The second kappa shape index (κ2) is 7.11. The molecule has 1 saturated carbocycles. The van der Waals surface area contributed by atoms with E-state index in [-0.39, 0.29) is 5.54 Å². The van der Waals surface area contributed by atoms with Crippen LogP contribution in [-0.2, 0) is 0 Å². The van der Waals surface area contributed by atoms with E-state index in [9.17, 15) is 5.26 Å². The normalized spacial score (nSPS) is 18.9. The van der Waals surface area contributed by atoms with E-state index in [1.807, 2.05) is 6.92 Å². The minimum atomic E-state index is -0.361. The molecule has 0 aromatic carbocycles. The van der Waals surface area contributed by atoms with Gasteiger partial charge in [-0.2, -0.15) is 5.26 Å². The topological polar surface area (TPSA) is 39.1 Å². The molecule has 1 unspecified atom stereocenters. The van der Waals surface area contributed by atoms with Gasteiger partial charge >= 0.3 is 0 Å². The van der Waals surface area contributed by atoms with Crippen molar-refractivity contribution in [2.45, 2.75) is 65.0 Å². The fraction of sp³-hybridized carbons (Fsp3) is 0.933. The third-order valence-electron chi connectivity index (χ3n) is 3.77. The van der Waals surface area contributed by atoms with Crippen molar-refractivity contribution in [1.29, 1.82) is 5.26 Å². The summed E-state index contributed by atoms with van der Waals surface area (Å²) in [5, 5.41) is 12.6. The van der Waals surface area contributed by atoms with Crippen LogP contribution in [0.1, 0.15) is 53.4 Å². The summed E-state index contributed by atoms with van der Waals surface area (Å²) in [6, 6.07) is 3.22. The summed E-state index contributed by atoms with van der Waals surface area (Å²) in [5.74, 6) is 0.766. The molecule has 18 heavy (non-hydrogen) atoms. The second-order valence-electron chi connectivity index (χ2n) is 6.17. The summed E-state index contributed by atoms with van der Waals surface area (Å²) in [6.45, 7) is 11.7. The van der Waals surface area contributed by atoms with Crippen molar-refractivity contribution < 1.29 is 0 Å². The van der Waals surface area contributed by atoms with Gasteiger partial charge in [0.25, 0.3) is 0 Å². The maximum absolute atomic E-state index is 9.27. The second-order valence-corrected chi connectivity index (χ2v) is 6.17. The Morgan fingerprint density at radius 1 is 1.39 bits per heavy atom. The summed E-state index contributed by atoms with van der Waals surface area (Å²) in [6.07, 6.45) is 4.89. The lowest BCUT2D eigenvalue weighted by molar-refractivity contribution is 0.225. The van der Waals surface area contributed by atoms with E-state index >= 15 is 0 Å². The molecule has 0 amide bonds. The quantitative estimate of drug-likeness (QED) is 0.685. The highest BCUT2D eigenvalue weighted by molar-refractivity contribution is 5.04. The molecule has 3 heteroatoms. The first-order valence-electron chi connectivity index (χ1n) is 7.41. The Labute approximate surface area is 113 Å². The summed E-state index contributed by atoms with van der Waals surface area (Å²) >= 11 is 0. The molecule has 0 aliphatic heterocycles. The standard InChI is InChI=1S/C15H29N3/c1-5-17-15(4,12-16)9-11-18(14-6-7-14)10-8-13(2)3/h13-14,17H,5-11H2,1-4H3. The molecule has 1 atom stereocenters. The zero-order valence-electron chi connectivity index (χ0n) is 12.5. The number of nitrogens with one attached hydrogen (secondary N) is 1. The molecule has 0 saturated heterocycles. The highest BCUT2D eigenvalue weighted by atomic mass is 15.2. The summed E-state index contributed by atoms with van der Waals surface area (Å²) in [7, 11) is 0. The van der Waals surface area contributed by atoms with E-state index < -0.39 is 0 Å². The maximum Gasteiger partial charge on any atom is 0.105 e. The number of hydrogen-bond donors (Lipinski definition) is 1. The monoisotopic (exact) mass is 251 g/mol.